The first-order chi connectivity index (χ1) is 10.8. The topological polar surface area (TPSA) is 52.1 Å². The van der Waals surface area contributed by atoms with E-state index >= 15 is 0 Å². The zero-order valence-electron chi connectivity index (χ0n) is 13.3. The maximum atomic E-state index is 13.3. The molecule has 0 unspecified atom stereocenters. The van der Waals surface area contributed by atoms with E-state index in [9.17, 15) is 18.0 Å². The highest BCUT2D eigenvalue weighted by Gasteiger charge is 2.40. The molecule has 0 saturated heterocycles. The predicted octanol–water partition coefficient (Wildman–Crippen LogP) is 4.36. The molecular formula is C16H21F3N2O2. The Morgan fingerprint density at radius 1 is 1.26 bits per heavy atom. The van der Waals surface area contributed by atoms with E-state index in [1.807, 2.05) is 13.8 Å². The number of alkyl halides is 3. The van der Waals surface area contributed by atoms with Crippen molar-refractivity contribution in [2.75, 3.05) is 6.61 Å². The summed E-state index contributed by atoms with van der Waals surface area (Å²) >= 11 is 0. The van der Waals surface area contributed by atoms with Crippen LogP contribution in [0.15, 0.2) is 6.33 Å². The Balaban J connectivity index is 2.42. The van der Waals surface area contributed by atoms with Gasteiger partial charge in [-0.1, -0.05) is 33.1 Å². The molecule has 7 heteroatoms. The van der Waals surface area contributed by atoms with E-state index in [1.165, 1.54) is 0 Å². The second-order valence-corrected chi connectivity index (χ2v) is 6.31. The molecule has 1 aliphatic carbocycles. The van der Waals surface area contributed by atoms with Gasteiger partial charge in [0.1, 0.15) is 11.9 Å². The SMILES string of the molecule is CC(C)COC(=O)c1c(C2CCCCC2)ncnc1C(F)(F)F. The highest BCUT2D eigenvalue weighted by Crippen LogP contribution is 2.38. The van der Waals surface area contributed by atoms with Crippen molar-refractivity contribution in [1.29, 1.82) is 0 Å². The summed E-state index contributed by atoms with van der Waals surface area (Å²) < 4.78 is 44.8. The average Bonchev–Trinajstić information content (AvgIpc) is 2.52. The van der Waals surface area contributed by atoms with Crippen molar-refractivity contribution in [3.8, 4) is 0 Å². The summed E-state index contributed by atoms with van der Waals surface area (Å²) in [6.07, 6.45) is 0.565. The van der Waals surface area contributed by atoms with Crippen LogP contribution in [0.3, 0.4) is 0 Å². The van der Waals surface area contributed by atoms with Gasteiger partial charge in [-0.25, -0.2) is 14.8 Å². The van der Waals surface area contributed by atoms with Crippen LogP contribution in [0.25, 0.3) is 0 Å². The summed E-state index contributed by atoms with van der Waals surface area (Å²) in [4.78, 5) is 19.6. The molecule has 4 nitrogen and oxygen atoms in total. The normalized spacial score (nSPS) is 16.6. The van der Waals surface area contributed by atoms with Crippen LogP contribution in [0.4, 0.5) is 13.2 Å². The fourth-order valence-electron chi connectivity index (χ4n) is 2.82. The zero-order chi connectivity index (χ0) is 17.0. The fraction of sp³-hybridized carbons (Fsp3) is 0.688. The van der Waals surface area contributed by atoms with Crippen molar-refractivity contribution in [2.45, 2.75) is 58.0 Å². The minimum Gasteiger partial charge on any atom is -0.462 e. The Morgan fingerprint density at radius 2 is 1.91 bits per heavy atom. The minimum atomic E-state index is -4.71. The molecule has 1 aromatic heterocycles. The smallest absolute Gasteiger partial charge is 0.434 e. The first-order valence-corrected chi connectivity index (χ1v) is 7.90. The fourth-order valence-corrected chi connectivity index (χ4v) is 2.82. The lowest BCUT2D eigenvalue weighted by molar-refractivity contribution is -0.142. The number of halogens is 3. The molecule has 0 atom stereocenters. The molecule has 1 aromatic rings. The van der Waals surface area contributed by atoms with Crippen LogP contribution >= 0.6 is 0 Å². The summed E-state index contributed by atoms with van der Waals surface area (Å²) in [5.41, 5.74) is -1.52. The van der Waals surface area contributed by atoms with Crippen molar-refractivity contribution in [3.63, 3.8) is 0 Å². The molecule has 1 heterocycles. The van der Waals surface area contributed by atoms with Gasteiger partial charge in [0.25, 0.3) is 0 Å². The predicted molar refractivity (Wildman–Crippen MR) is 78.0 cm³/mol. The van der Waals surface area contributed by atoms with Crippen LogP contribution in [0.2, 0.25) is 0 Å². The summed E-state index contributed by atoms with van der Waals surface area (Å²) in [6.45, 7) is 3.71. The highest BCUT2D eigenvalue weighted by atomic mass is 19.4. The third kappa shape index (κ3) is 4.42. The van der Waals surface area contributed by atoms with Gasteiger partial charge in [0, 0.05) is 5.92 Å². The van der Waals surface area contributed by atoms with Crippen LogP contribution in [-0.4, -0.2) is 22.5 Å². The molecule has 0 radical (unpaired) electrons. The Morgan fingerprint density at radius 3 is 2.48 bits per heavy atom. The molecule has 0 amide bonds. The Kier molecular flexibility index (Phi) is 5.59. The van der Waals surface area contributed by atoms with Crippen LogP contribution < -0.4 is 0 Å². The van der Waals surface area contributed by atoms with Gasteiger partial charge in [-0.3, -0.25) is 0 Å². The number of carbonyl (C=O) groups excluding carboxylic acids is 1. The number of esters is 1. The van der Waals surface area contributed by atoms with Crippen molar-refractivity contribution >= 4 is 5.97 Å². The number of aromatic nitrogens is 2. The Hall–Kier alpha value is -1.66. The maximum absolute atomic E-state index is 13.3. The largest absolute Gasteiger partial charge is 0.462 e. The highest BCUT2D eigenvalue weighted by molar-refractivity contribution is 5.92. The van der Waals surface area contributed by atoms with Crippen molar-refractivity contribution < 1.29 is 22.7 Å². The van der Waals surface area contributed by atoms with E-state index in [0.717, 1.165) is 38.4 Å². The third-order valence-electron chi connectivity index (χ3n) is 3.89. The molecule has 0 bridgehead atoms. The number of hydrogen-bond acceptors (Lipinski definition) is 4. The molecule has 0 aliphatic heterocycles. The van der Waals surface area contributed by atoms with E-state index in [2.05, 4.69) is 9.97 Å². The molecule has 1 aliphatic rings. The van der Waals surface area contributed by atoms with Crippen molar-refractivity contribution in [2.24, 2.45) is 5.92 Å². The lowest BCUT2D eigenvalue weighted by Gasteiger charge is -2.24. The van der Waals surface area contributed by atoms with Gasteiger partial charge in [0.2, 0.25) is 0 Å². The van der Waals surface area contributed by atoms with E-state index in [4.69, 9.17) is 4.74 Å². The molecule has 0 spiro atoms. The van der Waals surface area contributed by atoms with Crippen LogP contribution in [0.1, 0.15) is 73.6 Å². The second-order valence-electron chi connectivity index (χ2n) is 6.31. The number of nitrogens with zero attached hydrogens (tertiary/aromatic N) is 2. The first kappa shape index (κ1) is 17.7. The number of ether oxygens (including phenoxy) is 1. The average molecular weight is 330 g/mol. The Labute approximate surface area is 133 Å². The second kappa shape index (κ2) is 7.27. The molecule has 2 rings (SSSR count). The van der Waals surface area contributed by atoms with Gasteiger partial charge >= 0.3 is 12.1 Å². The van der Waals surface area contributed by atoms with Gasteiger partial charge in [-0.15, -0.1) is 0 Å². The third-order valence-corrected chi connectivity index (χ3v) is 3.89. The van der Waals surface area contributed by atoms with Gasteiger partial charge < -0.3 is 4.74 Å². The quantitative estimate of drug-likeness (QED) is 0.770. The molecule has 128 valence electrons. The lowest BCUT2D eigenvalue weighted by atomic mass is 9.84. The van der Waals surface area contributed by atoms with Crippen LogP contribution in [0, 0.1) is 5.92 Å². The molecule has 1 fully saturated rings. The number of carbonyl (C=O) groups is 1. The van der Waals surface area contributed by atoms with E-state index in [-0.39, 0.29) is 24.1 Å². The molecular weight excluding hydrogens is 309 g/mol. The molecule has 0 aromatic carbocycles. The van der Waals surface area contributed by atoms with Gasteiger partial charge in [0.15, 0.2) is 5.69 Å². The standard InChI is InChI=1S/C16H21F3N2O2/c1-10(2)8-23-15(22)12-13(11-6-4-3-5-7-11)20-9-21-14(12)16(17,18)19/h9-11H,3-8H2,1-2H3. The molecule has 23 heavy (non-hydrogen) atoms. The van der Waals surface area contributed by atoms with Gasteiger partial charge in [-0.05, 0) is 18.8 Å². The zero-order valence-corrected chi connectivity index (χ0v) is 13.3. The molecule has 1 saturated carbocycles. The maximum Gasteiger partial charge on any atom is 0.434 e. The lowest BCUT2D eigenvalue weighted by Crippen LogP contribution is -2.23. The summed E-state index contributed by atoms with van der Waals surface area (Å²) in [5, 5.41) is 0. The summed E-state index contributed by atoms with van der Waals surface area (Å²) in [5.74, 6) is -1.09. The number of rotatable bonds is 4. The van der Waals surface area contributed by atoms with Gasteiger partial charge in [0.05, 0.1) is 12.3 Å². The van der Waals surface area contributed by atoms with Crippen molar-refractivity contribution in [3.05, 3.63) is 23.3 Å². The first-order valence-electron chi connectivity index (χ1n) is 7.90. The van der Waals surface area contributed by atoms with Crippen LogP contribution in [0.5, 0.6) is 0 Å². The van der Waals surface area contributed by atoms with E-state index in [0.29, 0.717) is 0 Å². The monoisotopic (exact) mass is 330 g/mol. The van der Waals surface area contributed by atoms with Crippen LogP contribution in [-0.2, 0) is 10.9 Å². The number of hydrogen-bond donors (Lipinski definition) is 0. The van der Waals surface area contributed by atoms with E-state index in [1.54, 1.807) is 0 Å². The van der Waals surface area contributed by atoms with Gasteiger partial charge in [-0.2, -0.15) is 13.2 Å². The summed E-state index contributed by atoms with van der Waals surface area (Å²) in [6, 6.07) is 0. The Bertz CT molecular complexity index is 553. The summed E-state index contributed by atoms with van der Waals surface area (Å²) in [7, 11) is 0. The van der Waals surface area contributed by atoms with Crippen molar-refractivity contribution in [1.82, 2.24) is 9.97 Å². The minimum absolute atomic E-state index is 0.0380. The van der Waals surface area contributed by atoms with E-state index < -0.39 is 23.4 Å². The molecule has 0 N–H and O–H groups in total.